The molecule has 2 aromatic rings. The summed E-state index contributed by atoms with van der Waals surface area (Å²) >= 11 is 0. The number of rotatable bonds is 4. The van der Waals surface area contributed by atoms with E-state index in [1.54, 1.807) is 29.9 Å². The summed E-state index contributed by atoms with van der Waals surface area (Å²) in [7, 11) is 0. The first kappa shape index (κ1) is 13.1. The fourth-order valence-electron chi connectivity index (χ4n) is 1.62. The Morgan fingerprint density at radius 2 is 2.21 bits per heavy atom. The number of nitrogen functional groups attached to an aromatic ring is 1. The lowest BCUT2D eigenvalue weighted by Gasteiger charge is -2.09. The first-order valence-corrected chi connectivity index (χ1v) is 5.94. The number of aliphatic hydroxyl groups excluding tert-OH is 1. The van der Waals surface area contributed by atoms with Crippen molar-refractivity contribution < 1.29 is 9.90 Å². The zero-order valence-electron chi connectivity index (χ0n) is 10.6. The predicted octanol–water partition coefficient (Wildman–Crippen LogP) is 0.565. The van der Waals surface area contributed by atoms with Gasteiger partial charge in [0.05, 0.1) is 18.0 Å². The van der Waals surface area contributed by atoms with Crippen LogP contribution in [0.25, 0.3) is 5.69 Å². The van der Waals surface area contributed by atoms with E-state index in [-0.39, 0.29) is 24.2 Å². The molecule has 1 atom stereocenters. The molecule has 6 nitrogen and oxygen atoms in total. The first-order valence-electron chi connectivity index (χ1n) is 5.94. The van der Waals surface area contributed by atoms with Gasteiger partial charge in [-0.1, -0.05) is 12.1 Å². The number of aromatic nitrogens is 2. The standard InChI is InChI=1S/C13H16N4O2/c1-9(8-18)15-13(19)11-6-7-17(16-11)12-5-3-2-4-10(12)14/h2-7,9,18H,8,14H2,1H3,(H,15,19). The maximum Gasteiger partial charge on any atom is 0.272 e. The number of nitrogens with zero attached hydrogens (tertiary/aromatic N) is 2. The molecule has 19 heavy (non-hydrogen) atoms. The van der Waals surface area contributed by atoms with Crippen molar-refractivity contribution in [3.63, 3.8) is 0 Å². The molecular formula is C13H16N4O2. The number of benzene rings is 1. The molecule has 0 radical (unpaired) electrons. The Kier molecular flexibility index (Phi) is 3.82. The average molecular weight is 260 g/mol. The number of nitrogens with two attached hydrogens (primary N) is 1. The van der Waals surface area contributed by atoms with Crippen LogP contribution < -0.4 is 11.1 Å². The van der Waals surface area contributed by atoms with E-state index < -0.39 is 0 Å². The molecule has 6 heteroatoms. The molecule has 1 unspecified atom stereocenters. The maximum absolute atomic E-state index is 11.8. The highest BCUT2D eigenvalue weighted by Crippen LogP contribution is 2.15. The van der Waals surface area contributed by atoms with Crippen LogP contribution in [0.5, 0.6) is 0 Å². The second-order valence-electron chi connectivity index (χ2n) is 4.26. The van der Waals surface area contributed by atoms with Crippen molar-refractivity contribution in [2.45, 2.75) is 13.0 Å². The Morgan fingerprint density at radius 1 is 1.47 bits per heavy atom. The molecule has 0 bridgehead atoms. The van der Waals surface area contributed by atoms with E-state index in [9.17, 15) is 4.79 Å². The molecule has 1 aromatic carbocycles. The summed E-state index contributed by atoms with van der Waals surface area (Å²) in [6.07, 6.45) is 1.67. The summed E-state index contributed by atoms with van der Waals surface area (Å²) in [4.78, 5) is 11.8. The van der Waals surface area contributed by atoms with Crippen molar-refractivity contribution in [2.75, 3.05) is 12.3 Å². The topological polar surface area (TPSA) is 93.2 Å². The van der Waals surface area contributed by atoms with Gasteiger partial charge in [0.2, 0.25) is 0 Å². The predicted molar refractivity (Wildman–Crippen MR) is 72.0 cm³/mol. The van der Waals surface area contributed by atoms with Crippen molar-refractivity contribution >= 4 is 11.6 Å². The number of carbonyl (C=O) groups is 1. The Morgan fingerprint density at radius 3 is 2.89 bits per heavy atom. The van der Waals surface area contributed by atoms with E-state index in [0.29, 0.717) is 5.69 Å². The lowest BCUT2D eigenvalue weighted by molar-refractivity contribution is 0.0917. The number of aliphatic hydroxyl groups is 1. The molecule has 4 N–H and O–H groups in total. The van der Waals surface area contributed by atoms with Gasteiger partial charge in [0.25, 0.3) is 5.91 Å². The van der Waals surface area contributed by atoms with Crippen molar-refractivity contribution in [3.05, 3.63) is 42.2 Å². The number of carbonyl (C=O) groups excluding carboxylic acids is 1. The van der Waals surface area contributed by atoms with Crippen LogP contribution in [0.1, 0.15) is 17.4 Å². The molecule has 0 spiro atoms. The van der Waals surface area contributed by atoms with E-state index in [1.807, 2.05) is 18.2 Å². The van der Waals surface area contributed by atoms with Gasteiger partial charge in [0.1, 0.15) is 0 Å². The van der Waals surface area contributed by atoms with Gasteiger partial charge >= 0.3 is 0 Å². The smallest absolute Gasteiger partial charge is 0.272 e. The zero-order valence-corrected chi connectivity index (χ0v) is 10.6. The van der Waals surface area contributed by atoms with Crippen LogP contribution in [0.2, 0.25) is 0 Å². The van der Waals surface area contributed by atoms with Crippen LogP contribution in [0.4, 0.5) is 5.69 Å². The van der Waals surface area contributed by atoms with Crippen LogP contribution >= 0.6 is 0 Å². The highest BCUT2D eigenvalue weighted by atomic mass is 16.3. The SMILES string of the molecule is CC(CO)NC(=O)c1ccn(-c2ccccc2N)n1. The van der Waals surface area contributed by atoms with E-state index >= 15 is 0 Å². The van der Waals surface area contributed by atoms with Gasteiger partial charge < -0.3 is 16.2 Å². The molecule has 0 aliphatic rings. The highest BCUT2D eigenvalue weighted by molar-refractivity contribution is 5.92. The van der Waals surface area contributed by atoms with E-state index in [2.05, 4.69) is 10.4 Å². The Balaban J connectivity index is 2.20. The van der Waals surface area contributed by atoms with Gasteiger partial charge in [0.15, 0.2) is 5.69 Å². The largest absolute Gasteiger partial charge is 0.397 e. The molecule has 1 heterocycles. The quantitative estimate of drug-likeness (QED) is 0.700. The molecule has 0 saturated heterocycles. The number of hydrogen-bond acceptors (Lipinski definition) is 4. The van der Waals surface area contributed by atoms with Crippen LogP contribution in [-0.4, -0.2) is 33.4 Å². The normalized spacial score (nSPS) is 12.1. The molecule has 100 valence electrons. The summed E-state index contributed by atoms with van der Waals surface area (Å²) < 4.78 is 1.55. The second kappa shape index (κ2) is 5.53. The van der Waals surface area contributed by atoms with Crippen LogP contribution in [0, 0.1) is 0 Å². The van der Waals surface area contributed by atoms with E-state index in [4.69, 9.17) is 10.8 Å². The minimum atomic E-state index is -0.324. The van der Waals surface area contributed by atoms with Crippen LogP contribution in [-0.2, 0) is 0 Å². The van der Waals surface area contributed by atoms with Crippen molar-refractivity contribution in [3.8, 4) is 5.69 Å². The first-order chi connectivity index (χ1) is 9.11. The number of anilines is 1. The fraction of sp³-hybridized carbons (Fsp3) is 0.231. The van der Waals surface area contributed by atoms with Crippen LogP contribution in [0.15, 0.2) is 36.5 Å². The van der Waals surface area contributed by atoms with Crippen molar-refractivity contribution in [1.82, 2.24) is 15.1 Å². The molecule has 0 fully saturated rings. The lowest BCUT2D eigenvalue weighted by Crippen LogP contribution is -2.35. The zero-order chi connectivity index (χ0) is 13.8. The number of hydrogen-bond donors (Lipinski definition) is 3. The lowest BCUT2D eigenvalue weighted by atomic mass is 10.3. The molecule has 1 amide bonds. The number of nitrogens with one attached hydrogen (secondary N) is 1. The minimum Gasteiger partial charge on any atom is -0.397 e. The molecular weight excluding hydrogens is 244 g/mol. The molecule has 1 aromatic heterocycles. The Bertz CT molecular complexity index is 580. The summed E-state index contributed by atoms with van der Waals surface area (Å²) in [5, 5.41) is 15.7. The molecule has 2 rings (SSSR count). The van der Waals surface area contributed by atoms with Gasteiger partial charge in [-0.05, 0) is 25.1 Å². The third-order valence-electron chi connectivity index (χ3n) is 2.66. The highest BCUT2D eigenvalue weighted by Gasteiger charge is 2.13. The summed E-state index contributed by atoms with van der Waals surface area (Å²) in [6, 6.07) is 8.57. The number of amides is 1. The average Bonchev–Trinajstić information content (AvgIpc) is 2.88. The number of para-hydroxylation sites is 2. The van der Waals surface area contributed by atoms with Crippen molar-refractivity contribution in [2.24, 2.45) is 0 Å². The van der Waals surface area contributed by atoms with E-state index in [0.717, 1.165) is 5.69 Å². The molecule has 0 aliphatic heterocycles. The minimum absolute atomic E-state index is 0.113. The van der Waals surface area contributed by atoms with Gasteiger partial charge in [-0.2, -0.15) is 5.10 Å². The molecule has 0 saturated carbocycles. The second-order valence-corrected chi connectivity index (χ2v) is 4.26. The van der Waals surface area contributed by atoms with Gasteiger partial charge in [-0.25, -0.2) is 4.68 Å². The van der Waals surface area contributed by atoms with Gasteiger partial charge in [-0.15, -0.1) is 0 Å². The fourth-order valence-corrected chi connectivity index (χ4v) is 1.62. The third-order valence-corrected chi connectivity index (χ3v) is 2.66. The monoisotopic (exact) mass is 260 g/mol. The third kappa shape index (κ3) is 2.92. The Hall–Kier alpha value is -2.34. The molecule has 0 aliphatic carbocycles. The van der Waals surface area contributed by atoms with Crippen LogP contribution in [0.3, 0.4) is 0 Å². The summed E-state index contributed by atoms with van der Waals surface area (Å²) in [5.41, 5.74) is 7.43. The Labute approximate surface area is 110 Å². The van der Waals surface area contributed by atoms with Gasteiger partial charge in [-0.3, -0.25) is 4.79 Å². The summed E-state index contributed by atoms with van der Waals surface area (Å²) in [6.45, 7) is 1.60. The summed E-state index contributed by atoms with van der Waals surface area (Å²) in [5.74, 6) is -0.324. The van der Waals surface area contributed by atoms with Crippen molar-refractivity contribution in [1.29, 1.82) is 0 Å². The van der Waals surface area contributed by atoms with E-state index in [1.165, 1.54) is 0 Å². The van der Waals surface area contributed by atoms with Gasteiger partial charge in [0, 0.05) is 12.2 Å². The maximum atomic E-state index is 11.8.